The first-order chi connectivity index (χ1) is 13.4. The maximum absolute atomic E-state index is 13.1. The van der Waals surface area contributed by atoms with E-state index in [1.807, 2.05) is 13.8 Å². The number of rotatable bonds is 6. The van der Waals surface area contributed by atoms with Gasteiger partial charge in [-0.05, 0) is 35.7 Å². The van der Waals surface area contributed by atoms with E-state index in [0.29, 0.717) is 17.2 Å². The van der Waals surface area contributed by atoms with Gasteiger partial charge in [-0.2, -0.15) is 0 Å². The first-order valence-electron chi connectivity index (χ1n) is 8.91. The number of anilines is 1. The Kier molecular flexibility index (Phi) is 6.10. The molecule has 0 fully saturated rings. The van der Waals surface area contributed by atoms with Gasteiger partial charge < -0.3 is 20.1 Å². The van der Waals surface area contributed by atoms with Crippen molar-refractivity contribution in [1.29, 1.82) is 0 Å². The largest absolute Gasteiger partial charge is 0.454 e. The van der Waals surface area contributed by atoms with E-state index in [4.69, 9.17) is 9.47 Å². The Labute approximate surface area is 162 Å². The van der Waals surface area contributed by atoms with E-state index < -0.39 is 11.9 Å². The van der Waals surface area contributed by atoms with E-state index in [0.717, 1.165) is 5.56 Å². The molecule has 0 aromatic heterocycles. The van der Waals surface area contributed by atoms with E-state index in [9.17, 15) is 14.0 Å². The van der Waals surface area contributed by atoms with Crippen LogP contribution in [0.15, 0.2) is 42.5 Å². The predicted molar refractivity (Wildman–Crippen MR) is 102 cm³/mol. The van der Waals surface area contributed by atoms with E-state index in [-0.39, 0.29) is 31.1 Å². The summed E-state index contributed by atoms with van der Waals surface area (Å²) in [6.07, 6.45) is 0. The zero-order chi connectivity index (χ0) is 20.1. The topological polar surface area (TPSA) is 88.7 Å². The Morgan fingerprint density at radius 3 is 2.50 bits per heavy atom. The van der Waals surface area contributed by atoms with Crippen molar-refractivity contribution in [1.82, 2.24) is 10.6 Å². The lowest BCUT2D eigenvalue weighted by Crippen LogP contribution is -2.41. The van der Waals surface area contributed by atoms with Gasteiger partial charge in [-0.15, -0.1) is 0 Å². The average Bonchev–Trinajstić information content (AvgIpc) is 3.10. The molecule has 8 heteroatoms. The lowest BCUT2D eigenvalue weighted by atomic mass is 9.96. The summed E-state index contributed by atoms with van der Waals surface area (Å²) in [7, 11) is 0. The van der Waals surface area contributed by atoms with Gasteiger partial charge in [0.1, 0.15) is 5.82 Å². The van der Waals surface area contributed by atoms with Crippen LogP contribution in [0.2, 0.25) is 0 Å². The van der Waals surface area contributed by atoms with Crippen molar-refractivity contribution in [2.75, 3.05) is 18.7 Å². The number of urea groups is 1. The summed E-state index contributed by atoms with van der Waals surface area (Å²) in [5, 5.41) is 7.95. The Hall–Kier alpha value is -3.13. The van der Waals surface area contributed by atoms with Crippen molar-refractivity contribution < 1.29 is 23.5 Å². The molecule has 0 saturated heterocycles. The molecule has 0 spiro atoms. The monoisotopic (exact) mass is 387 g/mol. The van der Waals surface area contributed by atoms with E-state index in [1.165, 1.54) is 12.1 Å². The second-order valence-electron chi connectivity index (χ2n) is 6.72. The Bertz CT molecular complexity index is 855. The molecule has 0 radical (unpaired) electrons. The molecule has 1 heterocycles. The average molecular weight is 387 g/mol. The number of imide groups is 1. The molecule has 0 aliphatic carbocycles. The van der Waals surface area contributed by atoms with Crippen LogP contribution in [0.1, 0.15) is 25.5 Å². The smallest absolute Gasteiger partial charge is 0.325 e. The van der Waals surface area contributed by atoms with Crippen LogP contribution in [0.25, 0.3) is 0 Å². The number of amides is 3. The number of nitrogens with one attached hydrogen (secondary N) is 3. The standard InChI is InChI=1S/C20H22FN3O4/c1-12(2)19(13-3-5-14(21)6-4-13)22-10-18(25)24-20(26)23-15-7-8-16-17(9-15)28-11-27-16/h3-9,12,19,22H,10-11H2,1-2H3,(H2,23,24,25,26)/t19-/m1/s1. The van der Waals surface area contributed by atoms with Crippen molar-refractivity contribution in [2.24, 2.45) is 5.92 Å². The highest BCUT2D eigenvalue weighted by Gasteiger charge is 2.18. The molecule has 7 nitrogen and oxygen atoms in total. The predicted octanol–water partition coefficient (Wildman–Crippen LogP) is 3.19. The number of hydrogen-bond donors (Lipinski definition) is 3. The van der Waals surface area contributed by atoms with Crippen LogP contribution in [0.5, 0.6) is 11.5 Å². The lowest BCUT2D eigenvalue weighted by molar-refractivity contribution is -0.119. The molecular formula is C20H22FN3O4. The minimum atomic E-state index is -0.645. The fraction of sp³-hybridized carbons (Fsp3) is 0.300. The summed E-state index contributed by atoms with van der Waals surface area (Å²) >= 11 is 0. The van der Waals surface area contributed by atoms with Crippen LogP contribution in [0, 0.1) is 11.7 Å². The summed E-state index contributed by atoms with van der Waals surface area (Å²) in [4.78, 5) is 24.1. The van der Waals surface area contributed by atoms with Crippen molar-refractivity contribution in [2.45, 2.75) is 19.9 Å². The Morgan fingerprint density at radius 2 is 1.79 bits per heavy atom. The second-order valence-corrected chi connectivity index (χ2v) is 6.72. The number of hydrogen-bond acceptors (Lipinski definition) is 5. The van der Waals surface area contributed by atoms with Crippen molar-refractivity contribution in [3.05, 3.63) is 53.8 Å². The first kappa shape index (κ1) is 19.6. The third-order valence-corrected chi connectivity index (χ3v) is 4.26. The zero-order valence-corrected chi connectivity index (χ0v) is 15.6. The van der Waals surface area contributed by atoms with Gasteiger partial charge in [0.2, 0.25) is 12.7 Å². The molecular weight excluding hydrogens is 365 g/mol. The lowest BCUT2D eigenvalue weighted by Gasteiger charge is -2.22. The van der Waals surface area contributed by atoms with Gasteiger partial charge in [-0.1, -0.05) is 26.0 Å². The molecule has 2 aromatic carbocycles. The van der Waals surface area contributed by atoms with Crippen LogP contribution in [0.4, 0.5) is 14.9 Å². The summed E-state index contributed by atoms with van der Waals surface area (Å²) in [6.45, 7) is 4.06. The summed E-state index contributed by atoms with van der Waals surface area (Å²) in [6, 6.07) is 10.3. The normalized spacial score (nSPS) is 13.3. The molecule has 3 amide bonds. The van der Waals surface area contributed by atoms with Crippen LogP contribution >= 0.6 is 0 Å². The third kappa shape index (κ3) is 4.98. The van der Waals surface area contributed by atoms with Gasteiger partial charge in [0.15, 0.2) is 11.5 Å². The maximum Gasteiger partial charge on any atom is 0.325 e. The molecule has 3 N–H and O–H groups in total. The summed E-state index contributed by atoms with van der Waals surface area (Å²) < 4.78 is 23.6. The van der Waals surface area contributed by atoms with Gasteiger partial charge in [0, 0.05) is 17.8 Å². The highest BCUT2D eigenvalue weighted by molar-refractivity contribution is 6.01. The molecule has 1 atom stereocenters. The van der Waals surface area contributed by atoms with Crippen LogP contribution in [-0.2, 0) is 4.79 Å². The number of benzene rings is 2. The van der Waals surface area contributed by atoms with E-state index in [1.54, 1.807) is 30.3 Å². The fourth-order valence-electron chi connectivity index (χ4n) is 2.92. The highest BCUT2D eigenvalue weighted by Crippen LogP contribution is 2.34. The molecule has 0 bridgehead atoms. The van der Waals surface area contributed by atoms with Crippen LogP contribution in [0.3, 0.4) is 0 Å². The van der Waals surface area contributed by atoms with Crippen molar-refractivity contribution in [3.63, 3.8) is 0 Å². The molecule has 148 valence electrons. The fourth-order valence-corrected chi connectivity index (χ4v) is 2.92. The summed E-state index contributed by atoms with van der Waals surface area (Å²) in [5.74, 6) is 0.507. The number of halogens is 1. The summed E-state index contributed by atoms with van der Waals surface area (Å²) in [5.41, 5.74) is 1.35. The minimum Gasteiger partial charge on any atom is -0.454 e. The van der Waals surface area contributed by atoms with Gasteiger partial charge in [-0.3, -0.25) is 10.1 Å². The minimum absolute atomic E-state index is 0.0607. The number of fused-ring (bicyclic) bond motifs is 1. The third-order valence-electron chi connectivity index (χ3n) is 4.26. The van der Waals surface area contributed by atoms with Gasteiger partial charge >= 0.3 is 6.03 Å². The first-order valence-corrected chi connectivity index (χ1v) is 8.91. The number of ether oxygens (including phenoxy) is 2. The molecule has 0 unspecified atom stereocenters. The molecule has 1 aliphatic heterocycles. The number of carbonyl (C=O) groups excluding carboxylic acids is 2. The molecule has 1 aliphatic rings. The second kappa shape index (κ2) is 8.71. The molecule has 0 saturated carbocycles. The Morgan fingerprint density at radius 1 is 1.07 bits per heavy atom. The van der Waals surface area contributed by atoms with Crippen LogP contribution in [-0.4, -0.2) is 25.3 Å². The Balaban J connectivity index is 1.51. The van der Waals surface area contributed by atoms with Crippen LogP contribution < -0.4 is 25.4 Å². The van der Waals surface area contributed by atoms with Crippen molar-refractivity contribution in [3.8, 4) is 11.5 Å². The zero-order valence-electron chi connectivity index (χ0n) is 15.6. The van der Waals surface area contributed by atoms with E-state index >= 15 is 0 Å². The molecule has 28 heavy (non-hydrogen) atoms. The SMILES string of the molecule is CC(C)[C@@H](NCC(=O)NC(=O)Nc1ccc2c(c1)OCO2)c1ccc(F)cc1. The van der Waals surface area contributed by atoms with Gasteiger partial charge in [-0.25, -0.2) is 9.18 Å². The highest BCUT2D eigenvalue weighted by atomic mass is 19.1. The van der Waals surface area contributed by atoms with Gasteiger partial charge in [0.25, 0.3) is 0 Å². The van der Waals surface area contributed by atoms with E-state index in [2.05, 4.69) is 16.0 Å². The quantitative estimate of drug-likeness (QED) is 0.708. The van der Waals surface area contributed by atoms with Gasteiger partial charge in [0.05, 0.1) is 6.54 Å². The molecule has 3 rings (SSSR count). The maximum atomic E-state index is 13.1. The van der Waals surface area contributed by atoms with Crippen molar-refractivity contribution >= 4 is 17.6 Å². The number of carbonyl (C=O) groups is 2. The molecule has 2 aromatic rings.